The van der Waals surface area contributed by atoms with E-state index in [1.807, 2.05) is 74.5 Å². The van der Waals surface area contributed by atoms with Crippen molar-refractivity contribution in [2.75, 3.05) is 0 Å². The lowest BCUT2D eigenvalue weighted by Gasteiger charge is -2.14. The fraction of sp³-hybridized carbons (Fsp3) is 0.185. The van der Waals surface area contributed by atoms with Gasteiger partial charge in [0, 0.05) is 5.39 Å². The van der Waals surface area contributed by atoms with Gasteiger partial charge in [-0.05, 0) is 83.4 Å². The number of H-pyrrole nitrogens is 1. The first kappa shape index (κ1) is 22.3. The molecule has 5 rings (SSSR count). The normalized spacial score (nSPS) is 10.9. The van der Waals surface area contributed by atoms with Crippen molar-refractivity contribution in [3.63, 3.8) is 0 Å². The minimum absolute atomic E-state index is 0.285. The second-order valence-corrected chi connectivity index (χ2v) is 8.22. The fourth-order valence-corrected chi connectivity index (χ4v) is 3.69. The van der Waals surface area contributed by atoms with Gasteiger partial charge in [0.15, 0.2) is 5.82 Å². The highest BCUT2D eigenvalue weighted by molar-refractivity contribution is 5.78. The van der Waals surface area contributed by atoms with Gasteiger partial charge in [-0.2, -0.15) is 0 Å². The molecule has 0 aliphatic rings. The predicted molar refractivity (Wildman–Crippen MR) is 131 cm³/mol. The van der Waals surface area contributed by atoms with Gasteiger partial charge in [0.1, 0.15) is 37.1 Å². The molecule has 0 saturated carbocycles. The first-order chi connectivity index (χ1) is 17.1. The van der Waals surface area contributed by atoms with Crippen LogP contribution in [-0.4, -0.2) is 25.6 Å². The molecule has 0 saturated heterocycles. The van der Waals surface area contributed by atoms with Crippen LogP contribution in [-0.2, 0) is 19.8 Å². The fourth-order valence-electron chi connectivity index (χ4n) is 3.69. The van der Waals surface area contributed by atoms with E-state index in [1.165, 1.54) is 0 Å². The monoisotopic (exact) mass is 467 g/mol. The zero-order valence-corrected chi connectivity index (χ0v) is 19.6. The Bertz CT molecular complexity index is 1440. The zero-order chi connectivity index (χ0) is 24.0. The van der Waals surface area contributed by atoms with Crippen LogP contribution in [0.3, 0.4) is 0 Å². The summed E-state index contributed by atoms with van der Waals surface area (Å²) in [5, 5.41) is 14.7. The Labute approximate surface area is 202 Å². The molecule has 0 amide bonds. The van der Waals surface area contributed by atoms with Crippen LogP contribution >= 0.6 is 0 Å². The lowest BCUT2D eigenvalue weighted by molar-refractivity contribution is 0.290. The molecule has 1 N–H and O–H groups in total. The molecule has 8 heteroatoms. The van der Waals surface area contributed by atoms with Crippen LogP contribution in [0.15, 0.2) is 72.8 Å². The lowest BCUT2D eigenvalue weighted by atomic mass is 10.1. The molecule has 0 fully saturated rings. The first-order valence-electron chi connectivity index (χ1n) is 11.3. The zero-order valence-electron chi connectivity index (χ0n) is 19.6. The van der Waals surface area contributed by atoms with E-state index in [1.54, 1.807) is 0 Å². The second kappa shape index (κ2) is 10.2. The molecule has 0 aliphatic heterocycles. The predicted octanol–water partition coefficient (Wildman–Crippen LogP) is 5.10. The number of hydrogen-bond donors (Lipinski definition) is 1. The highest BCUT2D eigenvalue weighted by Gasteiger charge is 2.07. The molecule has 0 unspecified atom stereocenters. The standard InChI is InChI=1S/C27H25N5O3/c1-18-13-23(34-17-27-29-31-32-30-27)10-8-21(18)15-35-26-12-11-24(14-19(26)2)33-16-22-9-7-20-5-3-4-6-25(20)28-22/h3-14H,15-17H2,1-2H3,(H,29,30,31,32). The summed E-state index contributed by atoms with van der Waals surface area (Å²) in [5.74, 6) is 2.93. The molecule has 35 heavy (non-hydrogen) atoms. The SMILES string of the molecule is Cc1cc(OCc2nnn[nH]2)ccc1COc1ccc(OCc2ccc3ccccc3n2)cc1C. The summed E-state index contributed by atoms with van der Waals surface area (Å²) in [6.45, 7) is 5.20. The maximum atomic E-state index is 6.09. The van der Waals surface area contributed by atoms with E-state index < -0.39 is 0 Å². The van der Waals surface area contributed by atoms with E-state index in [0.29, 0.717) is 19.0 Å². The van der Waals surface area contributed by atoms with Crippen LogP contribution in [0.25, 0.3) is 10.9 Å². The number of rotatable bonds is 9. The van der Waals surface area contributed by atoms with E-state index >= 15 is 0 Å². The number of pyridine rings is 1. The van der Waals surface area contributed by atoms with Crippen LogP contribution in [0, 0.1) is 13.8 Å². The first-order valence-corrected chi connectivity index (χ1v) is 11.3. The maximum absolute atomic E-state index is 6.09. The van der Waals surface area contributed by atoms with Gasteiger partial charge in [0.05, 0.1) is 11.2 Å². The number of aryl methyl sites for hydroxylation is 2. The molecule has 2 heterocycles. The molecular formula is C27H25N5O3. The van der Waals surface area contributed by atoms with Crippen LogP contribution in [0.5, 0.6) is 17.2 Å². The Hall–Kier alpha value is -4.46. The van der Waals surface area contributed by atoms with Crippen LogP contribution < -0.4 is 14.2 Å². The van der Waals surface area contributed by atoms with E-state index in [4.69, 9.17) is 14.2 Å². The number of aromatic nitrogens is 5. The van der Waals surface area contributed by atoms with Crippen molar-refractivity contribution < 1.29 is 14.2 Å². The molecular weight excluding hydrogens is 442 g/mol. The van der Waals surface area contributed by atoms with Gasteiger partial charge in [-0.15, -0.1) is 5.10 Å². The molecule has 8 nitrogen and oxygen atoms in total. The number of hydrogen-bond acceptors (Lipinski definition) is 7. The van der Waals surface area contributed by atoms with Crippen LogP contribution in [0.1, 0.15) is 28.2 Å². The lowest BCUT2D eigenvalue weighted by Crippen LogP contribution is -2.02. The topological polar surface area (TPSA) is 95.0 Å². The Morgan fingerprint density at radius 1 is 0.743 bits per heavy atom. The molecule has 2 aromatic heterocycles. The van der Waals surface area contributed by atoms with Crippen molar-refractivity contribution in [1.29, 1.82) is 0 Å². The number of para-hydroxylation sites is 1. The summed E-state index contributed by atoms with van der Waals surface area (Å²) in [6, 6.07) is 23.9. The molecule has 0 atom stereocenters. The number of tetrazole rings is 1. The minimum atomic E-state index is 0.285. The Morgan fingerprint density at radius 3 is 2.34 bits per heavy atom. The molecule has 5 aromatic rings. The van der Waals surface area contributed by atoms with E-state index in [-0.39, 0.29) is 6.61 Å². The van der Waals surface area contributed by atoms with Crippen LogP contribution in [0.4, 0.5) is 0 Å². The van der Waals surface area contributed by atoms with Gasteiger partial charge in [0.2, 0.25) is 0 Å². The summed E-state index contributed by atoms with van der Waals surface area (Å²) in [4.78, 5) is 4.66. The third-order valence-corrected chi connectivity index (χ3v) is 5.65. The molecule has 3 aromatic carbocycles. The van der Waals surface area contributed by atoms with Gasteiger partial charge in [-0.1, -0.05) is 30.3 Å². The van der Waals surface area contributed by atoms with Crippen molar-refractivity contribution in [2.45, 2.75) is 33.7 Å². The number of nitrogens with zero attached hydrogens (tertiary/aromatic N) is 4. The average molecular weight is 468 g/mol. The van der Waals surface area contributed by atoms with E-state index in [9.17, 15) is 0 Å². The molecule has 176 valence electrons. The van der Waals surface area contributed by atoms with Gasteiger partial charge in [0.25, 0.3) is 0 Å². The third-order valence-electron chi connectivity index (χ3n) is 5.65. The Morgan fingerprint density at radius 2 is 1.54 bits per heavy atom. The van der Waals surface area contributed by atoms with Crippen molar-refractivity contribution in [3.05, 3.63) is 101 Å². The number of ether oxygens (including phenoxy) is 3. The highest BCUT2D eigenvalue weighted by Crippen LogP contribution is 2.26. The summed E-state index contributed by atoms with van der Waals surface area (Å²) in [5.41, 5.74) is 5.03. The molecule has 0 spiro atoms. The van der Waals surface area contributed by atoms with Gasteiger partial charge in [-0.25, -0.2) is 10.1 Å². The highest BCUT2D eigenvalue weighted by atomic mass is 16.5. The van der Waals surface area contributed by atoms with Crippen molar-refractivity contribution in [3.8, 4) is 17.2 Å². The van der Waals surface area contributed by atoms with Crippen molar-refractivity contribution in [2.24, 2.45) is 0 Å². The average Bonchev–Trinajstić information content (AvgIpc) is 3.40. The summed E-state index contributed by atoms with van der Waals surface area (Å²) < 4.78 is 17.8. The number of benzene rings is 3. The Kier molecular flexibility index (Phi) is 6.52. The second-order valence-electron chi connectivity index (χ2n) is 8.22. The summed E-state index contributed by atoms with van der Waals surface area (Å²) >= 11 is 0. The Balaban J connectivity index is 1.16. The minimum Gasteiger partial charge on any atom is -0.489 e. The van der Waals surface area contributed by atoms with Gasteiger partial charge >= 0.3 is 0 Å². The molecule has 0 aliphatic carbocycles. The van der Waals surface area contributed by atoms with E-state index in [2.05, 4.69) is 37.7 Å². The van der Waals surface area contributed by atoms with E-state index in [0.717, 1.165) is 50.5 Å². The van der Waals surface area contributed by atoms with Crippen molar-refractivity contribution >= 4 is 10.9 Å². The van der Waals surface area contributed by atoms with Crippen LogP contribution in [0.2, 0.25) is 0 Å². The molecule has 0 radical (unpaired) electrons. The van der Waals surface area contributed by atoms with Gasteiger partial charge < -0.3 is 14.2 Å². The third kappa shape index (κ3) is 5.55. The number of aromatic amines is 1. The number of nitrogens with one attached hydrogen (secondary N) is 1. The molecule has 0 bridgehead atoms. The van der Waals surface area contributed by atoms with Gasteiger partial charge in [-0.3, -0.25) is 0 Å². The maximum Gasteiger partial charge on any atom is 0.186 e. The summed E-state index contributed by atoms with van der Waals surface area (Å²) in [7, 11) is 0. The summed E-state index contributed by atoms with van der Waals surface area (Å²) in [6.07, 6.45) is 0. The quantitative estimate of drug-likeness (QED) is 0.322. The van der Waals surface area contributed by atoms with Crippen molar-refractivity contribution in [1.82, 2.24) is 25.6 Å². The number of fused-ring (bicyclic) bond motifs is 1. The smallest absolute Gasteiger partial charge is 0.186 e. The largest absolute Gasteiger partial charge is 0.489 e.